The number of rotatable bonds is 3. The second-order valence-corrected chi connectivity index (χ2v) is 5.60. The SMILES string of the molecule is Cn1cc(SC2CCCCC2CN)cn1. The van der Waals surface area contributed by atoms with E-state index in [-0.39, 0.29) is 0 Å². The summed E-state index contributed by atoms with van der Waals surface area (Å²) in [5.74, 6) is 0.698. The molecule has 1 aliphatic carbocycles. The van der Waals surface area contributed by atoms with E-state index in [0.717, 1.165) is 6.54 Å². The molecule has 0 amide bonds. The van der Waals surface area contributed by atoms with Crippen LogP contribution in [-0.2, 0) is 7.05 Å². The van der Waals surface area contributed by atoms with Crippen LogP contribution in [0.4, 0.5) is 0 Å². The fourth-order valence-electron chi connectivity index (χ4n) is 2.23. The zero-order valence-electron chi connectivity index (χ0n) is 9.22. The molecule has 1 heterocycles. The van der Waals surface area contributed by atoms with Crippen LogP contribution in [0, 0.1) is 5.92 Å². The highest BCUT2D eigenvalue weighted by Crippen LogP contribution is 2.36. The Bertz CT molecular complexity index is 311. The van der Waals surface area contributed by atoms with Crippen molar-refractivity contribution >= 4 is 11.8 Å². The van der Waals surface area contributed by atoms with Gasteiger partial charge in [0.2, 0.25) is 0 Å². The molecule has 1 aromatic heterocycles. The summed E-state index contributed by atoms with van der Waals surface area (Å²) in [6.45, 7) is 0.831. The molecule has 4 heteroatoms. The lowest BCUT2D eigenvalue weighted by molar-refractivity contribution is 0.378. The first-order valence-electron chi connectivity index (χ1n) is 5.65. The molecule has 2 N–H and O–H groups in total. The standard InChI is InChI=1S/C11H19N3S/c1-14-8-10(7-13-14)15-11-5-3-2-4-9(11)6-12/h7-9,11H,2-6,12H2,1H3. The van der Waals surface area contributed by atoms with E-state index < -0.39 is 0 Å². The summed E-state index contributed by atoms with van der Waals surface area (Å²) in [6.07, 6.45) is 9.36. The van der Waals surface area contributed by atoms with E-state index in [0.29, 0.717) is 11.2 Å². The number of hydrogen-bond donors (Lipinski definition) is 1. The lowest BCUT2D eigenvalue weighted by atomic mass is 9.89. The Hall–Kier alpha value is -0.480. The van der Waals surface area contributed by atoms with Crippen LogP contribution in [0.5, 0.6) is 0 Å². The smallest absolute Gasteiger partial charge is 0.0625 e. The predicted octanol–water partition coefficient (Wildman–Crippen LogP) is 2.03. The number of thioether (sulfide) groups is 1. The van der Waals surface area contributed by atoms with Crippen molar-refractivity contribution in [2.45, 2.75) is 35.8 Å². The van der Waals surface area contributed by atoms with Crippen molar-refractivity contribution in [3.8, 4) is 0 Å². The van der Waals surface area contributed by atoms with E-state index in [1.54, 1.807) is 0 Å². The van der Waals surface area contributed by atoms with Gasteiger partial charge in [0.15, 0.2) is 0 Å². The first kappa shape index (κ1) is 11.0. The maximum Gasteiger partial charge on any atom is 0.0625 e. The third kappa shape index (κ3) is 2.75. The van der Waals surface area contributed by atoms with Gasteiger partial charge in [-0.15, -0.1) is 11.8 Å². The summed E-state index contributed by atoms with van der Waals surface area (Å²) < 4.78 is 1.86. The lowest BCUT2D eigenvalue weighted by Crippen LogP contribution is -2.28. The molecule has 2 unspecified atom stereocenters. The normalized spacial score (nSPS) is 26.8. The van der Waals surface area contributed by atoms with E-state index in [9.17, 15) is 0 Å². The number of aromatic nitrogens is 2. The Labute approximate surface area is 95.4 Å². The summed E-state index contributed by atoms with van der Waals surface area (Å²) in [5.41, 5.74) is 5.82. The molecule has 0 aliphatic heterocycles. The first-order chi connectivity index (χ1) is 7.29. The number of aryl methyl sites for hydroxylation is 1. The molecule has 0 bridgehead atoms. The van der Waals surface area contributed by atoms with Gasteiger partial charge in [-0.1, -0.05) is 12.8 Å². The number of nitrogens with two attached hydrogens (primary N) is 1. The molecular formula is C11H19N3S. The average molecular weight is 225 g/mol. The van der Waals surface area contributed by atoms with E-state index >= 15 is 0 Å². The number of nitrogens with zero attached hydrogens (tertiary/aromatic N) is 2. The zero-order chi connectivity index (χ0) is 10.7. The molecule has 1 aromatic rings. The lowest BCUT2D eigenvalue weighted by Gasteiger charge is -2.29. The summed E-state index contributed by atoms with van der Waals surface area (Å²) >= 11 is 1.95. The number of hydrogen-bond acceptors (Lipinski definition) is 3. The molecule has 1 aliphatic rings. The van der Waals surface area contributed by atoms with Gasteiger partial charge in [-0.3, -0.25) is 4.68 Å². The van der Waals surface area contributed by atoms with Crippen molar-refractivity contribution in [1.29, 1.82) is 0 Å². The Balaban J connectivity index is 1.97. The summed E-state index contributed by atoms with van der Waals surface area (Å²) in [5, 5.41) is 4.90. The second kappa shape index (κ2) is 5.03. The van der Waals surface area contributed by atoms with Crippen LogP contribution in [0.2, 0.25) is 0 Å². The van der Waals surface area contributed by atoms with E-state index in [4.69, 9.17) is 5.73 Å². The quantitative estimate of drug-likeness (QED) is 0.856. The van der Waals surface area contributed by atoms with Gasteiger partial charge in [0, 0.05) is 23.4 Å². The van der Waals surface area contributed by atoms with Gasteiger partial charge in [0.1, 0.15) is 0 Å². The van der Waals surface area contributed by atoms with Crippen molar-refractivity contribution < 1.29 is 0 Å². The molecule has 0 saturated heterocycles. The average Bonchev–Trinajstić information content (AvgIpc) is 2.65. The third-order valence-corrected chi connectivity index (χ3v) is 4.52. The minimum Gasteiger partial charge on any atom is -0.330 e. The second-order valence-electron chi connectivity index (χ2n) is 4.29. The minimum atomic E-state index is 0.698. The van der Waals surface area contributed by atoms with Gasteiger partial charge < -0.3 is 5.73 Å². The van der Waals surface area contributed by atoms with Gasteiger partial charge in [-0.2, -0.15) is 5.10 Å². The maximum absolute atomic E-state index is 5.82. The Morgan fingerprint density at radius 1 is 1.53 bits per heavy atom. The van der Waals surface area contributed by atoms with Gasteiger partial charge in [-0.25, -0.2) is 0 Å². The topological polar surface area (TPSA) is 43.8 Å². The molecule has 2 rings (SSSR count). The van der Waals surface area contributed by atoms with E-state index in [2.05, 4.69) is 11.3 Å². The van der Waals surface area contributed by atoms with Crippen LogP contribution in [0.25, 0.3) is 0 Å². The molecule has 1 saturated carbocycles. The largest absolute Gasteiger partial charge is 0.330 e. The fraction of sp³-hybridized carbons (Fsp3) is 0.727. The fourth-order valence-corrected chi connectivity index (χ4v) is 3.63. The Morgan fingerprint density at radius 2 is 2.33 bits per heavy atom. The molecule has 0 spiro atoms. The molecule has 0 aromatic carbocycles. The van der Waals surface area contributed by atoms with Crippen LogP contribution in [0.15, 0.2) is 17.3 Å². The highest BCUT2D eigenvalue weighted by Gasteiger charge is 2.24. The van der Waals surface area contributed by atoms with E-state index in [1.807, 2.05) is 29.7 Å². The molecule has 3 nitrogen and oxygen atoms in total. The summed E-state index contributed by atoms with van der Waals surface area (Å²) in [6, 6.07) is 0. The van der Waals surface area contributed by atoms with Gasteiger partial charge in [0.25, 0.3) is 0 Å². The first-order valence-corrected chi connectivity index (χ1v) is 6.53. The maximum atomic E-state index is 5.82. The monoisotopic (exact) mass is 225 g/mol. The van der Waals surface area contributed by atoms with Crippen LogP contribution >= 0.6 is 11.8 Å². The molecule has 0 radical (unpaired) electrons. The molecule has 2 atom stereocenters. The van der Waals surface area contributed by atoms with Crippen LogP contribution in [0.3, 0.4) is 0 Å². The molecular weight excluding hydrogens is 206 g/mol. The van der Waals surface area contributed by atoms with Gasteiger partial charge in [-0.05, 0) is 25.3 Å². The van der Waals surface area contributed by atoms with Crippen LogP contribution < -0.4 is 5.73 Å². The third-order valence-electron chi connectivity index (χ3n) is 3.11. The molecule has 15 heavy (non-hydrogen) atoms. The van der Waals surface area contributed by atoms with Crippen molar-refractivity contribution in [3.05, 3.63) is 12.4 Å². The van der Waals surface area contributed by atoms with Crippen molar-refractivity contribution in [2.24, 2.45) is 18.7 Å². The summed E-state index contributed by atoms with van der Waals surface area (Å²) in [4.78, 5) is 1.28. The highest BCUT2D eigenvalue weighted by atomic mass is 32.2. The van der Waals surface area contributed by atoms with Gasteiger partial charge >= 0.3 is 0 Å². The van der Waals surface area contributed by atoms with E-state index in [1.165, 1.54) is 30.6 Å². The van der Waals surface area contributed by atoms with Crippen molar-refractivity contribution in [3.63, 3.8) is 0 Å². The predicted molar refractivity (Wildman–Crippen MR) is 63.9 cm³/mol. The molecule has 84 valence electrons. The van der Waals surface area contributed by atoms with Crippen LogP contribution in [-0.4, -0.2) is 21.6 Å². The van der Waals surface area contributed by atoms with Crippen molar-refractivity contribution in [2.75, 3.05) is 6.54 Å². The Kier molecular flexibility index (Phi) is 3.70. The van der Waals surface area contributed by atoms with Gasteiger partial charge in [0.05, 0.1) is 6.20 Å². The Morgan fingerprint density at radius 3 is 3.00 bits per heavy atom. The summed E-state index contributed by atoms with van der Waals surface area (Å²) in [7, 11) is 1.96. The highest BCUT2D eigenvalue weighted by molar-refractivity contribution is 8.00. The minimum absolute atomic E-state index is 0.698. The molecule has 1 fully saturated rings. The van der Waals surface area contributed by atoms with Crippen LogP contribution in [0.1, 0.15) is 25.7 Å². The zero-order valence-corrected chi connectivity index (χ0v) is 10.0. The van der Waals surface area contributed by atoms with Crippen molar-refractivity contribution in [1.82, 2.24) is 9.78 Å².